The van der Waals surface area contributed by atoms with Gasteiger partial charge in [0, 0.05) is 13.0 Å². The molecule has 0 saturated carbocycles. The Morgan fingerprint density at radius 2 is 1.90 bits per heavy atom. The second kappa shape index (κ2) is 7.24. The molecule has 1 rings (SSSR count). The summed E-state index contributed by atoms with van der Waals surface area (Å²) in [5.41, 5.74) is 0.966. The number of hydrogen-bond acceptors (Lipinski definition) is 3. The van der Waals surface area contributed by atoms with Crippen LogP contribution in [0.25, 0.3) is 0 Å². The van der Waals surface area contributed by atoms with Gasteiger partial charge in [0.25, 0.3) is 0 Å². The van der Waals surface area contributed by atoms with Gasteiger partial charge in [-0.3, -0.25) is 0 Å². The summed E-state index contributed by atoms with van der Waals surface area (Å²) in [5, 5.41) is 9.02. The molecule has 4 nitrogen and oxygen atoms in total. The minimum atomic E-state index is -4.22. The second-order valence-electron chi connectivity index (χ2n) is 4.73. The van der Waals surface area contributed by atoms with Crippen LogP contribution >= 0.6 is 0 Å². The highest BCUT2D eigenvalue weighted by Gasteiger charge is 2.26. The van der Waals surface area contributed by atoms with Crippen LogP contribution in [0.4, 0.5) is 13.2 Å². The maximum atomic E-state index is 12.1. The second-order valence-corrected chi connectivity index (χ2v) is 6.46. The summed E-state index contributed by atoms with van der Waals surface area (Å²) in [6.07, 6.45) is -5.15. The molecule has 0 aromatic heterocycles. The number of hydrogen-bond donors (Lipinski definition) is 2. The summed E-state index contributed by atoms with van der Waals surface area (Å²) in [6, 6.07) is 4.54. The fourth-order valence-electron chi connectivity index (χ4n) is 1.77. The number of benzene rings is 1. The first-order valence-corrected chi connectivity index (χ1v) is 7.91. The van der Waals surface area contributed by atoms with Crippen molar-refractivity contribution in [3.05, 3.63) is 29.3 Å². The van der Waals surface area contributed by atoms with E-state index in [-0.39, 0.29) is 30.9 Å². The quantitative estimate of drug-likeness (QED) is 0.757. The Labute approximate surface area is 122 Å². The first kappa shape index (κ1) is 17.9. The van der Waals surface area contributed by atoms with Gasteiger partial charge in [-0.2, -0.15) is 13.2 Å². The van der Waals surface area contributed by atoms with E-state index in [9.17, 15) is 21.6 Å². The average Bonchev–Trinajstić information content (AvgIpc) is 2.37. The first-order chi connectivity index (χ1) is 9.65. The number of unbranched alkanes of at least 4 members (excludes halogenated alkanes) is 1. The molecule has 0 heterocycles. The van der Waals surface area contributed by atoms with Crippen molar-refractivity contribution >= 4 is 10.0 Å². The van der Waals surface area contributed by atoms with E-state index in [4.69, 9.17) is 5.11 Å². The van der Waals surface area contributed by atoms with Crippen molar-refractivity contribution in [3.63, 3.8) is 0 Å². The molecular formula is C13H18F3NO3S. The summed E-state index contributed by atoms with van der Waals surface area (Å²) >= 11 is 0. The number of aryl methyl sites for hydroxylation is 1. The van der Waals surface area contributed by atoms with Gasteiger partial charge < -0.3 is 5.11 Å². The van der Waals surface area contributed by atoms with E-state index in [0.717, 1.165) is 0 Å². The SMILES string of the molecule is Cc1ccc(CO)cc1S(=O)(=O)NCCCCC(F)(F)F. The third-order valence-electron chi connectivity index (χ3n) is 2.90. The van der Waals surface area contributed by atoms with Crippen LogP contribution in [0.2, 0.25) is 0 Å². The number of sulfonamides is 1. The Morgan fingerprint density at radius 1 is 1.24 bits per heavy atom. The average molecular weight is 325 g/mol. The highest BCUT2D eigenvalue weighted by molar-refractivity contribution is 7.89. The van der Waals surface area contributed by atoms with Crippen LogP contribution in [0.3, 0.4) is 0 Å². The third kappa shape index (κ3) is 6.03. The Kier molecular flexibility index (Phi) is 6.18. The molecule has 0 atom stereocenters. The van der Waals surface area contributed by atoms with Crippen LogP contribution in [0.15, 0.2) is 23.1 Å². The molecule has 21 heavy (non-hydrogen) atoms. The van der Waals surface area contributed by atoms with Crippen LogP contribution in [0.1, 0.15) is 30.4 Å². The normalized spacial score (nSPS) is 12.6. The van der Waals surface area contributed by atoms with Crippen molar-refractivity contribution in [2.75, 3.05) is 6.54 Å². The maximum Gasteiger partial charge on any atom is 0.389 e. The number of halogens is 3. The van der Waals surface area contributed by atoms with E-state index < -0.39 is 22.6 Å². The lowest BCUT2D eigenvalue weighted by Crippen LogP contribution is -2.26. The molecule has 1 aromatic rings. The fourth-order valence-corrected chi connectivity index (χ4v) is 3.13. The Hall–Kier alpha value is -1.12. The number of nitrogens with one attached hydrogen (secondary N) is 1. The van der Waals surface area contributed by atoms with Gasteiger partial charge in [-0.25, -0.2) is 13.1 Å². The summed E-state index contributed by atoms with van der Waals surface area (Å²) in [6.45, 7) is 1.27. The minimum absolute atomic E-state index is 0.0323. The number of alkyl halides is 3. The number of rotatable bonds is 7. The molecule has 0 spiro atoms. The van der Waals surface area contributed by atoms with Gasteiger partial charge in [-0.05, 0) is 37.0 Å². The van der Waals surface area contributed by atoms with Gasteiger partial charge in [-0.1, -0.05) is 12.1 Å². The molecule has 0 bridgehead atoms. The lowest BCUT2D eigenvalue weighted by atomic mass is 10.2. The van der Waals surface area contributed by atoms with E-state index in [1.165, 1.54) is 6.07 Å². The molecule has 1 aromatic carbocycles. The monoisotopic (exact) mass is 325 g/mol. The fraction of sp³-hybridized carbons (Fsp3) is 0.538. The van der Waals surface area contributed by atoms with Gasteiger partial charge in [0.15, 0.2) is 0 Å². The zero-order chi connectivity index (χ0) is 16.1. The molecule has 2 N–H and O–H groups in total. The molecule has 0 amide bonds. The minimum Gasteiger partial charge on any atom is -0.392 e. The van der Waals surface area contributed by atoms with E-state index in [2.05, 4.69) is 4.72 Å². The number of aliphatic hydroxyl groups excluding tert-OH is 1. The Balaban J connectivity index is 2.62. The van der Waals surface area contributed by atoms with E-state index in [1.54, 1.807) is 19.1 Å². The molecule has 0 saturated heterocycles. The first-order valence-electron chi connectivity index (χ1n) is 6.42. The summed E-state index contributed by atoms with van der Waals surface area (Å²) < 4.78 is 62.3. The molecule has 8 heteroatoms. The van der Waals surface area contributed by atoms with Crippen LogP contribution < -0.4 is 4.72 Å². The molecule has 0 radical (unpaired) electrons. The van der Waals surface area contributed by atoms with Crippen LogP contribution in [0.5, 0.6) is 0 Å². The molecular weight excluding hydrogens is 307 g/mol. The number of aliphatic hydroxyl groups is 1. The van der Waals surface area contributed by atoms with E-state index in [0.29, 0.717) is 11.1 Å². The highest BCUT2D eigenvalue weighted by Crippen LogP contribution is 2.22. The Morgan fingerprint density at radius 3 is 2.48 bits per heavy atom. The molecule has 0 fully saturated rings. The largest absolute Gasteiger partial charge is 0.392 e. The van der Waals surface area contributed by atoms with Crippen molar-refractivity contribution in [2.45, 2.75) is 43.9 Å². The van der Waals surface area contributed by atoms with Crippen molar-refractivity contribution in [1.29, 1.82) is 0 Å². The molecule has 0 unspecified atom stereocenters. The lowest BCUT2D eigenvalue weighted by Gasteiger charge is -2.11. The van der Waals surface area contributed by atoms with Crippen LogP contribution in [-0.4, -0.2) is 26.2 Å². The van der Waals surface area contributed by atoms with E-state index >= 15 is 0 Å². The van der Waals surface area contributed by atoms with Gasteiger partial charge in [-0.15, -0.1) is 0 Å². The van der Waals surface area contributed by atoms with Crippen molar-refractivity contribution in [2.24, 2.45) is 0 Å². The zero-order valence-electron chi connectivity index (χ0n) is 11.6. The summed E-state index contributed by atoms with van der Waals surface area (Å²) in [5.74, 6) is 0. The molecule has 120 valence electrons. The highest BCUT2D eigenvalue weighted by atomic mass is 32.2. The predicted molar refractivity (Wildman–Crippen MR) is 72.2 cm³/mol. The third-order valence-corrected chi connectivity index (χ3v) is 4.51. The maximum absolute atomic E-state index is 12.1. The predicted octanol–water partition coefficient (Wildman–Crippen LogP) is 2.50. The van der Waals surface area contributed by atoms with Crippen molar-refractivity contribution in [3.8, 4) is 0 Å². The van der Waals surface area contributed by atoms with Gasteiger partial charge in [0.1, 0.15) is 0 Å². The van der Waals surface area contributed by atoms with Gasteiger partial charge in [0.05, 0.1) is 11.5 Å². The topological polar surface area (TPSA) is 66.4 Å². The van der Waals surface area contributed by atoms with Crippen LogP contribution in [0, 0.1) is 6.92 Å². The summed E-state index contributed by atoms with van der Waals surface area (Å²) in [4.78, 5) is 0.0323. The smallest absolute Gasteiger partial charge is 0.389 e. The van der Waals surface area contributed by atoms with Crippen molar-refractivity contribution < 1.29 is 26.7 Å². The van der Waals surface area contributed by atoms with Crippen LogP contribution in [-0.2, 0) is 16.6 Å². The standard InChI is InChI=1S/C13H18F3NO3S/c1-10-4-5-11(9-18)8-12(10)21(19,20)17-7-3-2-6-13(14,15)16/h4-5,8,17-18H,2-3,6-7,9H2,1H3. The molecule has 0 aliphatic carbocycles. The van der Waals surface area contributed by atoms with Crippen molar-refractivity contribution in [1.82, 2.24) is 4.72 Å². The van der Waals surface area contributed by atoms with Gasteiger partial charge >= 0.3 is 6.18 Å². The Bertz CT molecular complexity index is 571. The zero-order valence-corrected chi connectivity index (χ0v) is 12.4. The molecule has 0 aliphatic heterocycles. The lowest BCUT2D eigenvalue weighted by molar-refractivity contribution is -0.135. The summed E-state index contributed by atoms with van der Waals surface area (Å²) in [7, 11) is -3.78. The van der Waals surface area contributed by atoms with E-state index in [1.807, 2.05) is 0 Å². The molecule has 0 aliphatic rings. The van der Waals surface area contributed by atoms with Gasteiger partial charge in [0.2, 0.25) is 10.0 Å².